The van der Waals surface area contributed by atoms with Crippen molar-refractivity contribution in [2.75, 3.05) is 25.1 Å². The molecule has 0 N–H and O–H groups in total. The number of benzene rings is 1. The highest BCUT2D eigenvalue weighted by Gasteiger charge is 2.59. The quantitative estimate of drug-likeness (QED) is 0.775. The van der Waals surface area contributed by atoms with Crippen LogP contribution < -0.4 is 4.90 Å². The zero-order valence-electron chi connectivity index (χ0n) is 15.1. The summed E-state index contributed by atoms with van der Waals surface area (Å²) < 4.78 is 5.20. The van der Waals surface area contributed by atoms with E-state index in [1.165, 1.54) is 50.7 Å². The molecule has 0 aliphatic carbocycles. The van der Waals surface area contributed by atoms with Crippen LogP contribution in [0.15, 0.2) is 36.0 Å². The van der Waals surface area contributed by atoms with Crippen molar-refractivity contribution in [3.63, 3.8) is 0 Å². The smallest absolute Gasteiger partial charge is 0.354 e. The number of carbonyl (C=O) groups is 1. The summed E-state index contributed by atoms with van der Waals surface area (Å²) in [5.74, 6) is 0.333. The average Bonchev–Trinajstić information content (AvgIpc) is 3.01. The summed E-state index contributed by atoms with van der Waals surface area (Å²) in [5, 5.41) is 0. The number of hydrogen-bond acceptors (Lipinski definition) is 4. The minimum atomic E-state index is -0.190. The van der Waals surface area contributed by atoms with E-state index in [0.717, 1.165) is 12.1 Å². The number of anilines is 1. The Kier molecular flexibility index (Phi) is 3.30. The van der Waals surface area contributed by atoms with E-state index >= 15 is 0 Å². The highest BCUT2D eigenvalue weighted by molar-refractivity contribution is 5.95. The van der Waals surface area contributed by atoms with Gasteiger partial charge in [-0.2, -0.15) is 0 Å². The average molecular weight is 338 g/mol. The van der Waals surface area contributed by atoms with Gasteiger partial charge in [-0.1, -0.05) is 25.1 Å². The fourth-order valence-corrected chi connectivity index (χ4v) is 6.15. The van der Waals surface area contributed by atoms with Gasteiger partial charge in [-0.3, -0.25) is 4.90 Å². The van der Waals surface area contributed by atoms with E-state index in [0.29, 0.717) is 18.0 Å². The number of fused-ring (bicyclic) bond motifs is 3. The minimum absolute atomic E-state index is 0.101. The van der Waals surface area contributed by atoms with Crippen LogP contribution in [0, 0.1) is 5.41 Å². The Morgan fingerprint density at radius 3 is 2.96 bits per heavy atom. The number of nitrogens with zero attached hydrogens (tertiary/aromatic N) is 2. The first-order chi connectivity index (χ1) is 12.2. The van der Waals surface area contributed by atoms with Crippen molar-refractivity contribution in [3.8, 4) is 0 Å². The number of hydrogen-bond donors (Lipinski definition) is 0. The maximum atomic E-state index is 12.7. The van der Waals surface area contributed by atoms with E-state index in [9.17, 15) is 4.79 Å². The lowest BCUT2D eigenvalue weighted by molar-refractivity contribution is -0.136. The summed E-state index contributed by atoms with van der Waals surface area (Å²) in [6.45, 7) is 4.66. The lowest BCUT2D eigenvalue weighted by atomic mass is 9.62. The van der Waals surface area contributed by atoms with Crippen LogP contribution in [0.5, 0.6) is 0 Å². The Morgan fingerprint density at radius 1 is 1.32 bits per heavy atom. The molecule has 25 heavy (non-hydrogen) atoms. The topological polar surface area (TPSA) is 32.8 Å². The van der Waals surface area contributed by atoms with Gasteiger partial charge in [0.15, 0.2) is 0 Å². The molecular weight excluding hydrogens is 312 g/mol. The summed E-state index contributed by atoms with van der Waals surface area (Å²) in [7, 11) is 1.50. The molecule has 2 fully saturated rings. The summed E-state index contributed by atoms with van der Waals surface area (Å²) in [6.07, 6.45) is 6.94. The monoisotopic (exact) mass is 338 g/mol. The number of piperidine rings is 2. The van der Waals surface area contributed by atoms with E-state index < -0.39 is 0 Å². The van der Waals surface area contributed by atoms with Crippen LogP contribution in [-0.2, 0) is 9.53 Å². The van der Waals surface area contributed by atoms with Crippen LogP contribution in [0.3, 0.4) is 0 Å². The number of ether oxygens (including phenoxy) is 1. The second-order valence-corrected chi connectivity index (χ2v) is 8.01. The highest BCUT2D eigenvalue weighted by atomic mass is 16.5. The van der Waals surface area contributed by atoms with Crippen LogP contribution in [0.2, 0.25) is 0 Å². The van der Waals surface area contributed by atoms with Crippen molar-refractivity contribution in [2.45, 2.75) is 50.6 Å². The molecule has 0 spiro atoms. The van der Waals surface area contributed by atoms with Crippen LogP contribution in [-0.4, -0.2) is 43.2 Å². The van der Waals surface area contributed by atoms with E-state index in [2.05, 4.69) is 47.1 Å². The first-order valence-electron chi connectivity index (χ1n) is 9.63. The van der Waals surface area contributed by atoms with Gasteiger partial charge < -0.3 is 9.64 Å². The van der Waals surface area contributed by atoms with Gasteiger partial charge in [-0.05, 0) is 56.5 Å². The van der Waals surface area contributed by atoms with Crippen molar-refractivity contribution >= 4 is 11.7 Å². The standard InChI is InChI=1S/C21H26N2O2/c1-3-21-10-6-11-22-12-9-15-14-7-4-5-8-16(14)23(18(15)19(21)22)17(13-21)20(24)25-2/h4-5,7-8,13,15,18-19H,3,6,9-12H2,1-2H3/t15?,18?,19-,21+/m1/s1. The summed E-state index contributed by atoms with van der Waals surface area (Å²) in [5.41, 5.74) is 3.50. The van der Waals surface area contributed by atoms with E-state index in [-0.39, 0.29) is 11.4 Å². The third-order valence-corrected chi connectivity index (χ3v) is 7.16. The molecule has 0 bridgehead atoms. The Labute approximate surface area is 149 Å². The Hall–Kier alpha value is -1.81. The Bertz CT molecular complexity index is 758. The van der Waals surface area contributed by atoms with E-state index in [1.54, 1.807) is 0 Å². The first-order valence-corrected chi connectivity index (χ1v) is 9.63. The highest BCUT2D eigenvalue weighted by Crippen LogP contribution is 2.58. The number of carbonyl (C=O) groups excluding carboxylic acids is 1. The first kappa shape index (κ1) is 15.4. The number of rotatable bonds is 2. The molecule has 0 aromatic heterocycles. The zero-order chi connectivity index (χ0) is 17.2. The molecule has 4 heterocycles. The molecular formula is C21H26N2O2. The minimum Gasteiger partial charge on any atom is -0.464 e. The van der Waals surface area contributed by atoms with Crippen LogP contribution >= 0.6 is 0 Å². The summed E-state index contributed by atoms with van der Waals surface area (Å²) in [4.78, 5) is 17.7. The van der Waals surface area contributed by atoms with E-state index in [4.69, 9.17) is 4.74 Å². The van der Waals surface area contributed by atoms with Gasteiger partial charge in [0.05, 0.1) is 13.2 Å². The van der Waals surface area contributed by atoms with Gasteiger partial charge in [0, 0.05) is 23.1 Å². The van der Waals surface area contributed by atoms with Gasteiger partial charge in [0.2, 0.25) is 0 Å². The fourth-order valence-electron chi connectivity index (χ4n) is 6.15. The molecule has 4 aliphatic heterocycles. The lowest BCUT2D eigenvalue weighted by Crippen LogP contribution is -2.67. The molecule has 4 atom stereocenters. The van der Waals surface area contributed by atoms with Gasteiger partial charge >= 0.3 is 5.97 Å². The van der Waals surface area contributed by atoms with Crippen molar-refractivity contribution in [3.05, 3.63) is 41.6 Å². The normalized spacial score (nSPS) is 35.7. The van der Waals surface area contributed by atoms with Crippen molar-refractivity contribution in [1.29, 1.82) is 0 Å². The van der Waals surface area contributed by atoms with Crippen molar-refractivity contribution < 1.29 is 9.53 Å². The van der Waals surface area contributed by atoms with Crippen molar-refractivity contribution in [2.24, 2.45) is 5.41 Å². The van der Waals surface area contributed by atoms with Gasteiger partial charge in [0.1, 0.15) is 5.70 Å². The Balaban J connectivity index is 1.75. The molecule has 0 radical (unpaired) electrons. The maximum absolute atomic E-state index is 12.7. The predicted molar refractivity (Wildman–Crippen MR) is 97.5 cm³/mol. The Morgan fingerprint density at radius 2 is 2.16 bits per heavy atom. The van der Waals surface area contributed by atoms with E-state index in [1.807, 2.05) is 0 Å². The molecule has 1 aromatic carbocycles. The molecule has 4 aliphatic rings. The zero-order valence-corrected chi connectivity index (χ0v) is 15.1. The van der Waals surface area contributed by atoms with Crippen LogP contribution in [0.25, 0.3) is 0 Å². The molecule has 0 amide bonds. The molecule has 5 rings (SSSR count). The SMILES string of the molecule is CC[C@@]12C=C(C(=O)OC)N3c4ccccc4C4CCN(CCC1)[C@@H]2C43. The molecule has 1 aromatic rings. The maximum Gasteiger partial charge on any atom is 0.354 e. The molecule has 4 heteroatoms. The lowest BCUT2D eigenvalue weighted by Gasteiger charge is -2.59. The second-order valence-electron chi connectivity index (χ2n) is 8.01. The van der Waals surface area contributed by atoms with Gasteiger partial charge in [0.25, 0.3) is 0 Å². The number of esters is 1. The largest absolute Gasteiger partial charge is 0.464 e. The third kappa shape index (κ3) is 1.89. The number of methoxy groups -OCH3 is 1. The summed E-state index contributed by atoms with van der Waals surface area (Å²) >= 11 is 0. The molecule has 132 valence electrons. The second kappa shape index (κ2) is 5.34. The molecule has 2 saturated heterocycles. The summed E-state index contributed by atoms with van der Waals surface area (Å²) in [6, 6.07) is 9.54. The van der Waals surface area contributed by atoms with Gasteiger partial charge in [-0.25, -0.2) is 4.79 Å². The fraction of sp³-hybridized carbons (Fsp3) is 0.571. The van der Waals surface area contributed by atoms with Crippen LogP contribution in [0.4, 0.5) is 5.69 Å². The van der Waals surface area contributed by atoms with Crippen LogP contribution in [0.1, 0.15) is 44.1 Å². The van der Waals surface area contributed by atoms with Crippen molar-refractivity contribution in [1.82, 2.24) is 4.90 Å². The number of para-hydroxylation sites is 1. The third-order valence-electron chi connectivity index (χ3n) is 7.16. The predicted octanol–water partition coefficient (Wildman–Crippen LogP) is 3.29. The van der Waals surface area contributed by atoms with Gasteiger partial charge in [-0.15, -0.1) is 0 Å². The molecule has 4 nitrogen and oxygen atoms in total. The molecule has 0 saturated carbocycles. The molecule has 2 unspecified atom stereocenters.